The predicted octanol–water partition coefficient (Wildman–Crippen LogP) is 1.78. The third kappa shape index (κ3) is 1.96. The number of hydrogen-bond acceptors (Lipinski definition) is 8. The van der Waals surface area contributed by atoms with Crippen LogP contribution in [0.3, 0.4) is 0 Å². The lowest BCUT2D eigenvalue weighted by Crippen LogP contribution is -2.85. The SMILES string of the molecule is C=CCNc1nc2c(s1)CC(C)(C)[C@H]1[C@H](O)[C@]3(O)OC[C@@]21[C@@H]1CC[C@H]2C(=C)C(=O)[C@]13[C@@H]2O. The largest absolute Gasteiger partial charge is 0.391 e. The number of carbonyl (C=O) groups excluding carboxylic acids is 1. The van der Waals surface area contributed by atoms with Gasteiger partial charge in [0, 0.05) is 28.7 Å². The van der Waals surface area contributed by atoms with Crippen molar-refractivity contribution in [1.29, 1.82) is 0 Å². The fraction of sp³-hybridized carbons (Fsp3) is 0.667. The minimum atomic E-state index is -2.15. The zero-order chi connectivity index (χ0) is 22.8. The molecule has 7 nitrogen and oxygen atoms in total. The van der Waals surface area contributed by atoms with Gasteiger partial charge in [0.15, 0.2) is 10.9 Å². The molecule has 4 bridgehead atoms. The topological polar surface area (TPSA) is 112 Å². The number of fused-ring (bicyclic) bond motifs is 3. The third-order valence-corrected chi connectivity index (χ3v) is 10.3. The van der Waals surface area contributed by atoms with Crippen molar-refractivity contribution in [2.24, 2.45) is 28.6 Å². The molecule has 172 valence electrons. The molecule has 7 rings (SSSR count). The molecule has 4 aliphatic carbocycles. The van der Waals surface area contributed by atoms with Crippen molar-refractivity contribution >= 4 is 22.3 Å². The minimum absolute atomic E-state index is 0.163. The molecule has 1 aromatic rings. The molecule has 0 aromatic carbocycles. The maximum absolute atomic E-state index is 13.7. The summed E-state index contributed by atoms with van der Waals surface area (Å²) in [6.07, 6.45) is 1.29. The normalized spacial score (nSPS) is 47.6. The Morgan fingerprint density at radius 2 is 2.06 bits per heavy atom. The summed E-state index contributed by atoms with van der Waals surface area (Å²) in [4.78, 5) is 19.8. The Labute approximate surface area is 191 Å². The van der Waals surface area contributed by atoms with Crippen LogP contribution in [-0.2, 0) is 21.4 Å². The van der Waals surface area contributed by atoms with E-state index in [1.54, 1.807) is 17.4 Å². The molecular weight excluding hydrogens is 428 g/mol. The van der Waals surface area contributed by atoms with Gasteiger partial charge in [0.1, 0.15) is 11.5 Å². The van der Waals surface area contributed by atoms with E-state index in [-0.39, 0.29) is 23.7 Å². The Kier molecular flexibility index (Phi) is 4.00. The number of rotatable bonds is 3. The first kappa shape index (κ1) is 21.0. The monoisotopic (exact) mass is 458 g/mol. The molecular formula is C24H30N2O5S. The number of aliphatic hydroxyl groups is 3. The molecule has 1 aromatic heterocycles. The van der Waals surface area contributed by atoms with E-state index in [1.807, 2.05) is 0 Å². The van der Waals surface area contributed by atoms with Gasteiger partial charge in [0.05, 0.1) is 18.4 Å². The van der Waals surface area contributed by atoms with E-state index in [0.717, 1.165) is 15.7 Å². The van der Waals surface area contributed by atoms with Crippen LogP contribution in [0.15, 0.2) is 24.8 Å². The van der Waals surface area contributed by atoms with Crippen molar-refractivity contribution < 1.29 is 24.9 Å². The number of aliphatic hydroxyl groups excluding tert-OH is 2. The number of aromatic nitrogens is 1. The average molecular weight is 459 g/mol. The molecule has 6 aliphatic rings. The molecule has 3 saturated carbocycles. The lowest BCUT2D eigenvalue weighted by molar-refractivity contribution is -0.429. The highest BCUT2D eigenvalue weighted by atomic mass is 32.1. The maximum atomic E-state index is 13.7. The van der Waals surface area contributed by atoms with Gasteiger partial charge in [0.25, 0.3) is 0 Å². The van der Waals surface area contributed by atoms with Gasteiger partial charge >= 0.3 is 0 Å². The minimum Gasteiger partial charge on any atom is -0.391 e. The highest BCUT2D eigenvalue weighted by Gasteiger charge is 2.86. The number of ketones is 1. The molecule has 4 N–H and O–H groups in total. The Bertz CT molecular complexity index is 1070. The van der Waals surface area contributed by atoms with Gasteiger partial charge in [-0.2, -0.15) is 0 Å². The zero-order valence-corrected chi connectivity index (χ0v) is 19.2. The number of anilines is 1. The van der Waals surface area contributed by atoms with Crippen LogP contribution in [0.5, 0.6) is 0 Å². The fourth-order valence-corrected chi connectivity index (χ4v) is 9.63. The molecule has 0 amide bonds. The van der Waals surface area contributed by atoms with Crippen LogP contribution >= 0.6 is 11.3 Å². The molecule has 8 atom stereocenters. The Morgan fingerprint density at radius 3 is 2.78 bits per heavy atom. The summed E-state index contributed by atoms with van der Waals surface area (Å²) in [6.45, 7) is 12.7. The second-order valence-electron chi connectivity index (χ2n) is 11.0. The Morgan fingerprint density at radius 1 is 1.31 bits per heavy atom. The van der Waals surface area contributed by atoms with Gasteiger partial charge in [-0.15, -0.1) is 17.9 Å². The van der Waals surface area contributed by atoms with E-state index in [4.69, 9.17) is 9.72 Å². The predicted molar refractivity (Wildman–Crippen MR) is 119 cm³/mol. The second kappa shape index (κ2) is 6.10. The molecule has 3 heterocycles. The third-order valence-electron chi connectivity index (χ3n) is 9.29. The molecule has 0 unspecified atom stereocenters. The van der Waals surface area contributed by atoms with E-state index < -0.39 is 40.7 Å². The average Bonchev–Trinajstić information content (AvgIpc) is 3.18. The van der Waals surface area contributed by atoms with Crippen molar-refractivity contribution in [2.45, 2.75) is 56.5 Å². The number of nitrogens with zero attached hydrogens (tertiary/aromatic N) is 1. The van der Waals surface area contributed by atoms with Gasteiger partial charge in [-0.1, -0.05) is 26.5 Å². The van der Waals surface area contributed by atoms with Gasteiger partial charge in [-0.05, 0) is 36.2 Å². The molecule has 5 fully saturated rings. The zero-order valence-electron chi connectivity index (χ0n) is 18.4. The molecule has 2 spiro atoms. The van der Waals surface area contributed by atoms with Crippen LogP contribution in [0, 0.1) is 28.6 Å². The van der Waals surface area contributed by atoms with Crippen LogP contribution in [-0.4, -0.2) is 57.2 Å². The number of thiazole rings is 1. The van der Waals surface area contributed by atoms with E-state index in [2.05, 4.69) is 32.3 Å². The summed E-state index contributed by atoms with van der Waals surface area (Å²) >= 11 is 1.59. The Hall–Kier alpha value is -1.58. The summed E-state index contributed by atoms with van der Waals surface area (Å²) in [6, 6.07) is 0. The van der Waals surface area contributed by atoms with Crippen LogP contribution in [0.1, 0.15) is 37.3 Å². The van der Waals surface area contributed by atoms with Crippen molar-refractivity contribution in [3.05, 3.63) is 35.4 Å². The summed E-state index contributed by atoms with van der Waals surface area (Å²) in [7, 11) is 0. The molecule has 2 aliphatic heterocycles. The van der Waals surface area contributed by atoms with Gasteiger partial charge in [0.2, 0.25) is 5.79 Å². The first-order valence-corrected chi connectivity index (χ1v) is 12.2. The van der Waals surface area contributed by atoms with E-state index in [1.165, 1.54) is 0 Å². The summed E-state index contributed by atoms with van der Waals surface area (Å²) in [5.41, 5.74) is -1.58. The lowest BCUT2D eigenvalue weighted by atomic mass is 9.36. The molecule has 2 saturated heterocycles. The van der Waals surface area contributed by atoms with Crippen LogP contribution < -0.4 is 5.32 Å². The summed E-state index contributed by atoms with van der Waals surface area (Å²) in [5, 5.41) is 39.1. The number of nitrogens with one attached hydrogen (secondary N) is 1. The van der Waals surface area contributed by atoms with Crippen molar-refractivity contribution in [2.75, 3.05) is 18.5 Å². The molecule has 8 heteroatoms. The first-order valence-electron chi connectivity index (χ1n) is 11.4. The van der Waals surface area contributed by atoms with E-state index in [0.29, 0.717) is 31.4 Å². The number of hydrogen-bond donors (Lipinski definition) is 4. The fourth-order valence-electron chi connectivity index (χ4n) is 8.33. The highest BCUT2D eigenvalue weighted by Crippen LogP contribution is 2.75. The quantitative estimate of drug-likeness (QED) is 0.404. The summed E-state index contributed by atoms with van der Waals surface area (Å²) in [5.74, 6) is -3.68. The van der Waals surface area contributed by atoms with Crippen molar-refractivity contribution in [1.82, 2.24) is 4.98 Å². The van der Waals surface area contributed by atoms with Gasteiger partial charge in [-0.3, -0.25) is 4.79 Å². The smallest absolute Gasteiger partial charge is 0.208 e. The standard InChI is InChI=1S/C24H30N2O5S/c1-5-8-25-20-26-16-13(32-20)9-21(3,4)15-19(29)24(30)23-14(22(15,16)10-31-24)7-6-12(18(23)28)11(2)17(23)27/h5,12,14-15,18-19,28-30H,1-2,6-10H2,3-4H3,(H,25,26)/t12-,14-,15+,18+,19-,22-,23-,24-/m0/s1. The van der Waals surface area contributed by atoms with Gasteiger partial charge in [-0.25, -0.2) is 4.98 Å². The second-order valence-corrected chi connectivity index (χ2v) is 12.1. The maximum Gasteiger partial charge on any atom is 0.208 e. The van der Waals surface area contributed by atoms with Crippen molar-refractivity contribution in [3.8, 4) is 0 Å². The number of Topliss-reactive ketones (excluding diaryl/α,β-unsaturated/α-hetero) is 1. The van der Waals surface area contributed by atoms with E-state index >= 15 is 0 Å². The van der Waals surface area contributed by atoms with Crippen LogP contribution in [0.2, 0.25) is 0 Å². The van der Waals surface area contributed by atoms with Gasteiger partial charge < -0.3 is 25.4 Å². The number of carbonyl (C=O) groups is 1. The highest BCUT2D eigenvalue weighted by molar-refractivity contribution is 7.15. The van der Waals surface area contributed by atoms with E-state index in [9.17, 15) is 20.1 Å². The Balaban J connectivity index is 1.64. The van der Waals surface area contributed by atoms with Crippen LogP contribution in [0.4, 0.5) is 5.13 Å². The first-order chi connectivity index (χ1) is 15.1. The molecule has 0 radical (unpaired) electrons. The lowest BCUT2D eigenvalue weighted by Gasteiger charge is -2.73. The summed E-state index contributed by atoms with van der Waals surface area (Å²) < 4.78 is 6.07. The number of ether oxygens (including phenoxy) is 1. The van der Waals surface area contributed by atoms with Crippen LogP contribution in [0.25, 0.3) is 0 Å². The molecule has 32 heavy (non-hydrogen) atoms. The van der Waals surface area contributed by atoms with Crippen molar-refractivity contribution in [3.63, 3.8) is 0 Å².